The highest BCUT2D eigenvalue weighted by molar-refractivity contribution is 7.08. The summed E-state index contributed by atoms with van der Waals surface area (Å²) in [6.45, 7) is -0.109. The van der Waals surface area contributed by atoms with Crippen molar-refractivity contribution in [3.05, 3.63) is 81.1 Å². The molecule has 1 aromatic carbocycles. The Morgan fingerprint density at radius 3 is 2.80 bits per heavy atom. The maximum Gasteiger partial charge on any atom is 0.224 e. The van der Waals surface area contributed by atoms with Crippen LogP contribution < -0.4 is 5.32 Å². The van der Waals surface area contributed by atoms with Crippen molar-refractivity contribution in [2.24, 2.45) is 0 Å². The van der Waals surface area contributed by atoms with Gasteiger partial charge in [-0.3, -0.25) is 4.79 Å². The lowest BCUT2D eigenvalue weighted by molar-refractivity contribution is -0.121. The molecule has 0 unspecified atom stereocenters. The van der Waals surface area contributed by atoms with Gasteiger partial charge in [0.2, 0.25) is 5.91 Å². The molecule has 130 valence electrons. The van der Waals surface area contributed by atoms with E-state index in [0.29, 0.717) is 11.3 Å². The van der Waals surface area contributed by atoms with Crippen LogP contribution >= 0.6 is 22.9 Å². The molecule has 0 bridgehead atoms. The molecule has 0 saturated heterocycles. The summed E-state index contributed by atoms with van der Waals surface area (Å²) in [6, 6.07) is 9.31. The highest BCUT2D eigenvalue weighted by Gasteiger charge is 2.35. The molecule has 3 rings (SSSR count). The molecule has 2 heterocycles. The number of benzene rings is 1. The zero-order valence-electron chi connectivity index (χ0n) is 13.0. The Hall–Kier alpha value is -2.15. The summed E-state index contributed by atoms with van der Waals surface area (Å²) in [5.41, 5.74) is -0.770. The quantitative estimate of drug-likeness (QED) is 0.686. The van der Waals surface area contributed by atoms with Gasteiger partial charge in [-0.15, -0.1) is 0 Å². The maximum atomic E-state index is 13.8. The molecule has 0 aliphatic carbocycles. The van der Waals surface area contributed by atoms with Crippen LogP contribution in [0.2, 0.25) is 5.02 Å². The van der Waals surface area contributed by atoms with E-state index in [1.54, 1.807) is 23.6 Å². The number of amides is 1. The molecule has 25 heavy (non-hydrogen) atoms. The van der Waals surface area contributed by atoms with Gasteiger partial charge in [0.05, 0.1) is 19.2 Å². The number of halogens is 2. The Labute approximate surface area is 152 Å². The average molecular weight is 380 g/mol. The lowest BCUT2D eigenvalue weighted by Crippen LogP contribution is -2.41. The summed E-state index contributed by atoms with van der Waals surface area (Å²) < 4.78 is 19.1. The lowest BCUT2D eigenvalue weighted by Gasteiger charge is -2.25. The van der Waals surface area contributed by atoms with Crippen molar-refractivity contribution in [3.8, 4) is 0 Å². The zero-order chi connectivity index (χ0) is 17.9. The molecule has 0 fully saturated rings. The number of furan rings is 1. The van der Waals surface area contributed by atoms with Crippen molar-refractivity contribution in [3.63, 3.8) is 0 Å². The molecule has 0 saturated carbocycles. The Kier molecular flexibility index (Phi) is 5.22. The van der Waals surface area contributed by atoms with Crippen molar-refractivity contribution in [2.75, 3.05) is 6.54 Å². The standard InChI is InChI=1S/C18H15ClFNO3S/c19-14-3-1-4-15(20)13(14)9-17(22)21-11-18(23,12-6-8-25-10-12)16-5-2-7-24-16/h1-8,10,23H,9,11H2,(H,21,22)/t18-/m1/s1. The fourth-order valence-corrected chi connectivity index (χ4v) is 3.45. The highest BCUT2D eigenvalue weighted by atomic mass is 35.5. The number of rotatable bonds is 6. The molecule has 0 aliphatic heterocycles. The maximum absolute atomic E-state index is 13.8. The molecule has 0 spiro atoms. The Bertz CT molecular complexity index is 795. The van der Waals surface area contributed by atoms with Crippen molar-refractivity contribution >= 4 is 28.8 Å². The number of thiophene rings is 1. The van der Waals surface area contributed by atoms with E-state index < -0.39 is 17.3 Å². The minimum Gasteiger partial charge on any atom is -0.466 e. The van der Waals surface area contributed by atoms with Crippen LogP contribution in [0.5, 0.6) is 0 Å². The smallest absolute Gasteiger partial charge is 0.224 e. The number of aliphatic hydroxyl groups is 1. The van der Waals surface area contributed by atoms with Crippen LogP contribution in [0.25, 0.3) is 0 Å². The van der Waals surface area contributed by atoms with Gasteiger partial charge in [-0.05, 0) is 41.1 Å². The molecule has 1 atom stereocenters. The molecule has 7 heteroatoms. The first kappa shape index (κ1) is 17.7. The van der Waals surface area contributed by atoms with E-state index in [2.05, 4.69) is 5.32 Å². The van der Waals surface area contributed by atoms with E-state index >= 15 is 0 Å². The number of carbonyl (C=O) groups is 1. The minimum atomic E-state index is -1.50. The molecular weight excluding hydrogens is 365 g/mol. The Morgan fingerprint density at radius 1 is 1.32 bits per heavy atom. The summed E-state index contributed by atoms with van der Waals surface area (Å²) in [6.07, 6.45) is 1.23. The summed E-state index contributed by atoms with van der Waals surface area (Å²) in [5.74, 6) is -0.677. The van der Waals surface area contributed by atoms with Crippen LogP contribution in [0, 0.1) is 5.82 Å². The topological polar surface area (TPSA) is 62.5 Å². The fourth-order valence-electron chi connectivity index (χ4n) is 2.50. The second kappa shape index (κ2) is 7.39. The second-order valence-electron chi connectivity index (χ2n) is 5.50. The third kappa shape index (κ3) is 3.76. The van der Waals surface area contributed by atoms with E-state index in [4.69, 9.17) is 16.0 Å². The van der Waals surface area contributed by atoms with E-state index in [1.807, 2.05) is 5.38 Å². The second-order valence-corrected chi connectivity index (χ2v) is 6.69. The van der Waals surface area contributed by atoms with Gasteiger partial charge < -0.3 is 14.8 Å². The summed E-state index contributed by atoms with van der Waals surface area (Å²) >= 11 is 7.37. The predicted octanol–water partition coefficient (Wildman–Crippen LogP) is 3.73. The Balaban J connectivity index is 1.75. The third-order valence-electron chi connectivity index (χ3n) is 3.87. The number of nitrogens with one attached hydrogen (secondary N) is 1. The van der Waals surface area contributed by atoms with Gasteiger partial charge >= 0.3 is 0 Å². The molecule has 0 radical (unpaired) electrons. The molecule has 2 N–H and O–H groups in total. The zero-order valence-corrected chi connectivity index (χ0v) is 14.6. The number of hydrogen-bond donors (Lipinski definition) is 2. The minimum absolute atomic E-state index is 0.109. The normalized spacial score (nSPS) is 13.4. The summed E-state index contributed by atoms with van der Waals surface area (Å²) in [7, 11) is 0. The largest absolute Gasteiger partial charge is 0.466 e. The van der Waals surface area contributed by atoms with E-state index in [9.17, 15) is 14.3 Å². The number of hydrogen-bond acceptors (Lipinski definition) is 4. The van der Waals surface area contributed by atoms with Crippen molar-refractivity contribution in [1.82, 2.24) is 5.32 Å². The van der Waals surface area contributed by atoms with Crippen LogP contribution in [0.4, 0.5) is 4.39 Å². The van der Waals surface area contributed by atoms with Crippen LogP contribution in [-0.2, 0) is 16.8 Å². The molecule has 4 nitrogen and oxygen atoms in total. The van der Waals surface area contributed by atoms with Gasteiger partial charge in [0.1, 0.15) is 11.6 Å². The molecule has 1 amide bonds. The summed E-state index contributed by atoms with van der Waals surface area (Å²) in [4.78, 5) is 12.2. The SMILES string of the molecule is O=C(Cc1c(F)cccc1Cl)NC[C@@](O)(c1ccsc1)c1ccco1. The average Bonchev–Trinajstić information content (AvgIpc) is 3.30. The Morgan fingerprint density at radius 2 is 2.16 bits per heavy atom. The van der Waals surface area contributed by atoms with Gasteiger partial charge in [-0.2, -0.15) is 11.3 Å². The number of carbonyl (C=O) groups excluding carboxylic acids is 1. The monoisotopic (exact) mass is 379 g/mol. The van der Waals surface area contributed by atoms with Crippen LogP contribution in [0.1, 0.15) is 16.9 Å². The first-order valence-electron chi connectivity index (χ1n) is 7.49. The van der Waals surface area contributed by atoms with E-state index in [0.717, 1.165) is 0 Å². The van der Waals surface area contributed by atoms with Gasteiger partial charge in [0, 0.05) is 16.1 Å². The van der Waals surface area contributed by atoms with E-state index in [1.165, 1.54) is 35.8 Å². The highest BCUT2D eigenvalue weighted by Crippen LogP contribution is 2.31. The van der Waals surface area contributed by atoms with Gasteiger partial charge in [0.15, 0.2) is 5.60 Å². The van der Waals surface area contributed by atoms with E-state index in [-0.39, 0.29) is 23.6 Å². The molecular formula is C18H15ClFNO3S. The van der Waals surface area contributed by atoms with Crippen molar-refractivity contribution in [1.29, 1.82) is 0 Å². The van der Waals surface area contributed by atoms with Crippen LogP contribution in [-0.4, -0.2) is 17.6 Å². The fraction of sp³-hybridized carbons (Fsp3) is 0.167. The van der Waals surface area contributed by atoms with Gasteiger partial charge in [-0.25, -0.2) is 4.39 Å². The lowest BCUT2D eigenvalue weighted by atomic mass is 9.93. The van der Waals surface area contributed by atoms with Gasteiger partial charge in [-0.1, -0.05) is 17.7 Å². The summed E-state index contributed by atoms with van der Waals surface area (Å²) in [5, 5.41) is 17.5. The molecule has 2 aromatic heterocycles. The third-order valence-corrected chi connectivity index (χ3v) is 4.91. The predicted molar refractivity (Wildman–Crippen MR) is 94.1 cm³/mol. The van der Waals surface area contributed by atoms with Crippen LogP contribution in [0.15, 0.2) is 57.8 Å². The van der Waals surface area contributed by atoms with Crippen LogP contribution in [0.3, 0.4) is 0 Å². The van der Waals surface area contributed by atoms with Gasteiger partial charge in [0.25, 0.3) is 0 Å². The molecule has 0 aliphatic rings. The first-order chi connectivity index (χ1) is 12.0. The molecule has 3 aromatic rings. The van der Waals surface area contributed by atoms with Crippen molar-refractivity contribution < 1.29 is 18.7 Å². The first-order valence-corrected chi connectivity index (χ1v) is 8.81. The van der Waals surface area contributed by atoms with Crippen molar-refractivity contribution in [2.45, 2.75) is 12.0 Å².